The van der Waals surface area contributed by atoms with Crippen LogP contribution in [0.25, 0.3) is 0 Å². The van der Waals surface area contributed by atoms with Crippen LogP contribution in [0.15, 0.2) is 18.3 Å². The van der Waals surface area contributed by atoms with E-state index >= 15 is 0 Å². The summed E-state index contributed by atoms with van der Waals surface area (Å²) in [7, 11) is 0. The Kier molecular flexibility index (Phi) is 4.69. The summed E-state index contributed by atoms with van der Waals surface area (Å²) >= 11 is 0. The Bertz CT molecular complexity index is 419. The standard InChI is InChI=1S/C17H29N3/c1-13-6-7-14(2)20(12-13)16-9-8-15(10-18-16)11-19-17(3,4)5/h8-10,13-14,19H,6-7,11-12H2,1-5H3. The minimum absolute atomic E-state index is 0.148. The molecule has 2 rings (SSSR count). The lowest BCUT2D eigenvalue weighted by Crippen LogP contribution is -2.41. The summed E-state index contributed by atoms with van der Waals surface area (Å²) in [4.78, 5) is 7.13. The highest BCUT2D eigenvalue weighted by Gasteiger charge is 2.23. The molecule has 1 aliphatic heterocycles. The van der Waals surface area contributed by atoms with Crippen LogP contribution < -0.4 is 10.2 Å². The fraction of sp³-hybridized carbons (Fsp3) is 0.706. The molecule has 20 heavy (non-hydrogen) atoms. The van der Waals surface area contributed by atoms with Crippen molar-refractivity contribution >= 4 is 5.82 Å². The fourth-order valence-electron chi connectivity index (χ4n) is 2.67. The summed E-state index contributed by atoms with van der Waals surface area (Å²) in [5, 5.41) is 3.50. The van der Waals surface area contributed by atoms with E-state index in [4.69, 9.17) is 0 Å². The molecule has 0 bridgehead atoms. The summed E-state index contributed by atoms with van der Waals surface area (Å²) in [5.41, 5.74) is 1.40. The summed E-state index contributed by atoms with van der Waals surface area (Å²) in [6.07, 6.45) is 4.63. The van der Waals surface area contributed by atoms with Crippen molar-refractivity contribution in [1.29, 1.82) is 0 Å². The van der Waals surface area contributed by atoms with Gasteiger partial charge >= 0.3 is 0 Å². The number of rotatable bonds is 3. The van der Waals surface area contributed by atoms with Gasteiger partial charge in [0, 0.05) is 30.9 Å². The summed E-state index contributed by atoms with van der Waals surface area (Å²) in [5.74, 6) is 1.90. The molecule has 0 radical (unpaired) electrons. The lowest BCUT2D eigenvalue weighted by Gasteiger charge is -2.37. The second-order valence-corrected chi connectivity index (χ2v) is 7.31. The molecule has 3 heteroatoms. The van der Waals surface area contributed by atoms with Crippen LogP contribution in [0.2, 0.25) is 0 Å². The van der Waals surface area contributed by atoms with Crippen LogP contribution in [0.1, 0.15) is 53.0 Å². The van der Waals surface area contributed by atoms with Gasteiger partial charge in [-0.15, -0.1) is 0 Å². The highest BCUT2D eigenvalue weighted by Crippen LogP contribution is 2.26. The van der Waals surface area contributed by atoms with Crippen molar-refractivity contribution in [2.45, 2.75) is 65.6 Å². The zero-order chi connectivity index (χ0) is 14.8. The number of hydrogen-bond acceptors (Lipinski definition) is 3. The van der Waals surface area contributed by atoms with Crippen molar-refractivity contribution in [1.82, 2.24) is 10.3 Å². The molecular weight excluding hydrogens is 246 g/mol. The van der Waals surface area contributed by atoms with Gasteiger partial charge in [0.25, 0.3) is 0 Å². The minimum atomic E-state index is 0.148. The number of piperidine rings is 1. The smallest absolute Gasteiger partial charge is 0.128 e. The van der Waals surface area contributed by atoms with Gasteiger partial charge in [0.15, 0.2) is 0 Å². The Labute approximate surface area is 123 Å². The first kappa shape index (κ1) is 15.3. The van der Waals surface area contributed by atoms with Gasteiger partial charge in [-0.2, -0.15) is 0 Å². The molecule has 2 heterocycles. The van der Waals surface area contributed by atoms with E-state index in [9.17, 15) is 0 Å². The molecule has 112 valence electrons. The fourth-order valence-corrected chi connectivity index (χ4v) is 2.67. The van der Waals surface area contributed by atoms with E-state index in [1.165, 1.54) is 18.4 Å². The van der Waals surface area contributed by atoms with Gasteiger partial charge in [-0.3, -0.25) is 0 Å². The zero-order valence-corrected chi connectivity index (χ0v) is 13.6. The Morgan fingerprint density at radius 2 is 2.00 bits per heavy atom. The Balaban J connectivity index is 2.00. The van der Waals surface area contributed by atoms with Crippen molar-refractivity contribution in [3.05, 3.63) is 23.9 Å². The molecule has 1 aliphatic rings. The Hall–Kier alpha value is -1.09. The molecule has 1 aromatic rings. The number of nitrogens with one attached hydrogen (secondary N) is 1. The summed E-state index contributed by atoms with van der Waals surface area (Å²) in [6.45, 7) is 13.2. The van der Waals surface area contributed by atoms with Crippen LogP contribution >= 0.6 is 0 Å². The molecule has 0 aliphatic carbocycles. The third-order valence-electron chi connectivity index (χ3n) is 4.04. The van der Waals surface area contributed by atoms with Crippen molar-refractivity contribution in [2.75, 3.05) is 11.4 Å². The van der Waals surface area contributed by atoms with Gasteiger partial charge in [-0.1, -0.05) is 13.0 Å². The van der Waals surface area contributed by atoms with E-state index in [0.717, 1.165) is 24.8 Å². The monoisotopic (exact) mass is 275 g/mol. The van der Waals surface area contributed by atoms with Crippen LogP contribution in [0.4, 0.5) is 5.82 Å². The third kappa shape index (κ3) is 4.20. The minimum Gasteiger partial charge on any atom is -0.354 e. The van der Waals surface area contributed by atoms with Crippen molar-refractivity contribution < 1.29 is 0 Å². The predicted molar refractivity (Wildman–Crippen MR) is 86.0 cm³/mol. The van der Waals surface area contributed by atoms with Gasteiger partial charge in [0.1, 0.15) is 5.82 Å². The average Bonchev–Trinajstić information content (AvgIpc) is 2.39. The molecule has 0 aromatic carbocycles. The van der Waals surface area contributed by atoms with Gasteiger partial charge in [-0.25, -0.2) is 4.98 Å². The first-order valence-electron chi connectivity index (χ1n) is 7.82. The largest absolute Gasteiger partial charge is 0.354 e. The van der Waals surface area contributed by atoms with Crippen molar-refractivity contribution in [2.24, 2.45) is 5.92 Å². The molecular formula is C17H29N3. The lowest BCUT2D eigenvalue weighted by molar-refractivity contribution is 0.388. The lowest BCUT2D eigenvalue weighted by atomic mass is 9.95. The number of nitrogens with zero attached hydrogens (tertiary/aromatic N) is 2. The Morgan fingerprint density at radius 3 is 2.60 bits per heavy atom. The van der Waals surface area contributed by atoms with E-state index in [1.54, 1.807) is 0 Å². The number of hydrogen-bond donors (Lipinski definition) is 1. The van der Waals surface area contributed by atoms with E-state index in [1.807, 2.05) is 6.20 Å². The van der Waals surface area contributed by atoms with Crippen LogP contribution in [0, 0.1) is 5.92 Å². The summed E-state index contributed by atoms with van der Waals surface area (Å²) in [6, 6.07) is 4.98. The van der Waals surface area contributed by atoms with Crippen LogP contribution in [0.3, 0.4) is 0 Å². The quantitative estimate of drug-likeness (QED) is 0.913. The van der Waals surface area contributed by atoms with Crippen molar-refractivity contribution in [3.63, 3.8) is 0 Å². The van der Waals surface area contributed by atoms with Gasteiger partial charge in [0.2, 0.25) is 0 Å². The second-order valence-electron chi connectivity index (χ2n) is 7.31. The average molecular weight is 275 g/mol. The third-order valence-corrected chi connectivity index (χ3v) is 4.04. The molecule has 2 atom stereocenters. The van der Waals surface area contributed by atoms with E-state index < -0.39 is 0 Å². The topological polar surface area (TPSA) is 28.2 Å². The molecule has 1 aromatic heterocycles. The highest BCUT2D eigenvalue weighted by molar-refractivity contribution is 5.41. The van der Waals surface area contributed by atoms with E-state index in [0.29, 0.717) is 6.04 Å². The van der Waals surface area contributed by atoms with E-state index in [2.05, 4.69) is 62.0 Å². The molecule has 1 saturated heterocycles. The molecule has 1 fully saturated rings. The summed E-state index contributed by atoms with van der Waals surface area (Å²) < 4.78 is 0. The first-order chi connectivity index (χ1) is 9.35. The number of anilines is 1. The molecule has 1 N–H and O–H groups in total. The van der Waals surface area contributed by atoms with Crippen LogP contribution in [-0.4, -0.2) is 23.1 Å². The van der Waals surface area contributed by atoms with Crippen LogP contribution in [0.5, 0.6) is 0 Å². The van der Waals surface area contributed by atoms with Crippen LogP contribution in [-0.2, 0) is 6.54 Å². The molecule has 3 nitrogen and oxygen atoms in total. The van der Waals surface area contributed by atoms with E-state index in [-0.39, 0.29) is 5.54 Å². The maximum Gasteiger partial charge on any atom is 0.128 e. The first-order valence-corrected chi connectivity index (χ1v) is 7.82. The van der Waals surface area contributed by atoms with Gasteiger partial charge < -0.3 is 10.2 Å². The molecule has 0 saturated carbocycles. The normalized spacial score (nSPS) is 23.9. The molecule has 0 spiro atoms. The second kappa shape index (κ2) is 6.13. The van der Waals surface area contributed by atoms with Crippen molar-refractivity contribution in [3.8, 4) is 0 Å². The predicted octanol–water partition coefficient (Wildman–Crippen LogP) is 3.59. The molecule has 0 amide bonds. The number of pyridine rings is 1. The zero-order valence-electron chi connectivity index (χ0n) is 13.6. The number of aromatic nitrogens is 1. The van der Waals surface area contributed by atoms with Gasteiger partial charge in [0.05, 0.1) is 0 Å². The van der Waals surface area contributed by atoms with Gasteiger partial charge in [-0.05, 0) is 58.1 Å². The molecule has 2 unspecified atom stereocenters. The highest BCUT2D eigenvalue weighted by atomic mass is 15.2. The maximum absolute atomic E-state index is 4.67. The SMILES string of the molecule is CC1CCC(C)N(c2ccc(CNC(C)(C)C)cn2)C1. The maximum atomic E-state index is 4.67. The Morgan fingerprint density at radius 1 is 1.25 bits per heavy atom.